The molecule has 3 saturated carbocycles. The quantitative estimate of drug-likeness (QED) is 0.330. The van der Waals surface area contributed by atoms with Gasteiger partial charge in [-0.3, -0.25) is 4.79 Å². The summed E-state index contributed by atoms with van der Waals surface area (Å²) in [6, 6.07) is 0. The Labute approximate surface area is 202 Å². The largest absolute Gasteiger partial charge is 0.390 e. The van der Waals surface area contributed by atoms with Crippen LogP contribution in [0.3, 0.4) is 0 Å². The van der Waals surface area contributed by atoms with Gasteiger partial charge in [-0.2, -0.15) is 0 Å². The van der Waals surface area contributed by atoms with Crippen molar-refractivity contribution in [1.82, 2.24) is 0 Å². The van der Waals surface area contributed by atoms with Gasteiger partial charge in [0.2, 0.25) is 0 Å². The Morgan fingerprint density at radius 1 is 1.09 bits per heavy atom. The number of Topliss-reactive ketones (excluding diaryl/α,β-unsaturated/α-hetero) is 1. The monoisotopic (exact) mass is 480 g/mol. The second-order valence-electron chi connectivity index (χ2n) is 13.1. The molecular weight excluding hydrogens is 436 g/mol. The van der Waals surface area contributed by atoms with E-state index in [4.69, 9.17) is 0 Å². The van der Waals surface area contributed by atoms with E-state index in [0.29, 0.717) is 25.7 Å². The van der Waals surface area contributed by atoms with Gasteiger partial charge in [0, 0.05) is 29.6 Å². The Morgan fingerprint density at radius 3 is 2.35 bits per heavy atom. The summed E-state index contributed by atoms with van der Waals surface area (Å²) in [6.07, 6.45) is 1.86. The van der Waals surface area contributed by atoms with E-state index in [9.17, 15) is 35.4 Å². The van der Waals surface area contributed by atoms with Crippen LogP contribution in [-0.4, -0.2) is 71.5 Å². The molecule has 0 spiro atoms. The molecule has 194 valence electrons. The molecule has 4 rings (SSSR count). The molecule has 0 unspecified atom stereocenters. The van der Waals surface area contributed by atoms with Crippen LogP contribution in [0.1, 0.15) is 86.0 Å². The van der Waals surface area contributed by atoms with Crippen LogP contribution in [0.2, 0.25) is 0 Å². The number of hydrogen-bond acceptors (Lipinski definition) is 7. The smallest absolute Gasteiger partial charge is 0.137 e. The predicted octanol–water partition coefficient (Wildman–Crippen LogP) is 1.85. The fourth-order valence-corrected chi connectivity index (χ4v) is 8.22. The lowest BCUT2D eigenvalue weighted by Crippen LogP contribution is -2.68. The van der Waals surface area contributed by atoms with Crippen molar-refractivity contribution in [2.45, 2.75) is 121 Å². The zero-order valence-corrected chi connectivity index (χ0v) is 21.3. The maximum atomic E-state index is 13.3. The lowest BCUT2D eigenvalue weighted by Gasteiger charge is -2.64. The third kappa shape index (κ3) is 3.73. The number of carbonyl (C=O) groups is 1. The van der Waals surface area contributed by atoms with E-state index in [2.05, 4.69) is 13.0 Å². The van der Waals surface area contributed by atoms with Gasteiger partial charge >= 0.3 is 0 Å². The van der Waals surface area contributed by atoms with E-state index >= 15 is 0 Å². The molecule has 7 nitrogen and oxygen atoms in total. The summed E-state index contributed by atoms with van der Waals surface area (Å²) < 4.78 is 0. The summed E-state index contributed by atoms with van der Waals surface area (Å²) in [7, 11) is 0. The van der Waals surface area contributed by atoms with Gasteiger partial charge in [-0.25, -0.2) is 0 Å². The minimum Gasteiger partial charge on any atom is -0.390 e. The number of aliphatic hydroxyl groups excluding tert-OH is 3. The molecule has 4 aliphatic carbocycles. The van der Waals surface area contributed by atoms with Gasteiger partial charge in [0.05, 0.1) is 35.1 Å². The Kier molecular flexibility index (Phi) is 6.24. The molecule has 6 N–H and O–H groups in total. The SMILES string of the molecule is CC(C)(O)CC[C@@H](O)[C@](C)(O)[C@H]1CC=C2[C@H]3CC(=O)[C@@H]4C[C@@H](O)[C@@H](O)C[C@]4(C)[C@@]3(O)CC[C@@]21C. The lowest BCUT2D eigenvalue weighted by atomic mass is 9.42. The Hall–Kier alpha value is -0.830. The van der Waals surface area contributed by atoms with Crippen molar-refractivity contribution in [3.05, 3.63) is 11.6 Å². The standard InChI is InChI=1S/C27H44O7/c1-23(2,32)9-8-22(31)26(5,33)21-7-6-15-16-12-18(28)17-13-19(29)20(30)14-25(17,4)27(16,34)11-10-24(15,21)3/h6,16-17,19-22,29-34H,7-14H2,1-5H3/t16-,17+,19-,20+,21+,22-,24+,25+,26-,27-/m1/s1. The molecule has 0 aromatic heterocycles. The summed E-state index contributed by atoms with van der Waals surface area (Å²) in [5.74, 6) is -1.15. The van der Waals surface area contributed by atoms with Gasteiger partial charge in [-0.05, 0) is 71.1 Å². The van der Waals surface area contributed by atoms with Crippen molar-refractivity contribution in [1.29, 1.82) is 0 Å². The van der Waals surface area contributed by atoms with Crippen LogP contribution < -0.4 is 0 Å². The predicted molar refractivity (Wildman–Crippen MR) is 127 cm³/mol. The van der Waals surface area contributed by atoms with Crippen molar-refractivity contribution >= 4 is 5.78 Å². The molecule has 10 atom stereocenters. The summed E-state index contributed by atoms with van der Waals surface area (Å²) in [5, 5.41) is 65.4. The van der Waals surface area contributed by atoms with Gasteiger partial charge in [0.15, 0.2) is 0 Å². The highest BCUT2D eigenvalue weighted by Crippen LogP contribution is 2.68. The summed E-state index contributed by atoms with van der Waals surface area (Å²) in [4.78, 5) is 13.3. The number of ketones is 1. The average Bonchev–Trinajstić information content (AvgIpc) is 3.08. The average molecular weight is 481 g/mol. The normalized spacial score (nSPS) is 47.2. The molecule has 3 fully saturated rings. The lowest BCUT2D eigenvalue weighted by molar-refractivity contribution is -0.225. The van der Waals surface area contributed by atoms with Crippen LogP contribution >= 0.6 is 0 Å². The molecule has 0 heterocycles. The minimum atomic E-state index is -1.40. The van der Waals surface area contributed by atoms with Crippen LogP contribution in [0, 0.1) is 28.6 Å². The van der Waals surface area contributed by atoms with Crippen molar-refractivity contribution in [3.8, 4) is 0 Å². The molecule has 0 saturated heterocycles. The molecular formula is C27H44O7. The van der Waals surface area contributed by atoms with Crippen molar-refractivity contribution in [2.24, 2.45) is 28.6 Å². The van der Waals surface area contributed by atoms with Crippen molar-refractivity contribution in [2.75, 3.05) is 0 Å². The molecule has 0 aliphatic heterocycles. The molecule has 7 heteroatoms. The first kappa shape index (κ1) is 26.2. The van der Waals surface area contributed by atoms with Gasteiger partial charge in [-0.15, -0.1) is 0 Å². The van der Waals surface area contributed by atoms with E-state index in [1.165, 1.54) is 0 Å². The molecule has 34 heavy (non-hydrogen) atoms. The van der Waals surface area contributed by atoms with Gasteiger partial charge in [0.1, 0.15) is 5.78 Å². The minimum absolute atomic E-state index is 0.0219. The van der Waals surface area contributed by atoms with Crippen LogP contribution in [0.25, 0.3) is 0 Å². The zero-order chi connectivity index (χ0) is 25.5. The Morgan fingerprint density at radius 2 is 1.74 bits per heavy atom. The number of hydrogen-bond donors (Lipinski definition) is 6. The maximum absolute atomic E-state index is 13.3. The van der Waals surface area contributed by atoms with Gasteiger partial charge in [-0.1, -0.05) is 25.5 Å². The molecule has 0 bridgehead atoms. The molecule has 0 radical (unpaired) electrons. The highest BCUT2D eigenvalue weighted by atomic mass is 16.3. The maximum Gasteiger partial charge on any atom is 0.137 e. The number of fused-ring (bicyclic) bond motifs is 5. The van der Waals surface area contributed by atoms with E-state index < -0.39 is 57.8 Å². The van der Waals surface area contributed by atoms with Gasteiger partial charge < -0.3 is 30.6 Å². The van der Waals surface area contributed by atoms with Crippen LogP contribution in [0.15, 0.2) is 11.6 Å². The second kappa shape index (κ2) is 8.09. The van der Waals surface area contributed by atoms with Gasteiger partial charge in [0.25, 0.3) is 0 Å². The first-order valence-corrected chi connectivity index (χ1v) is 12.9. The first-order valence-electron chi connectivity index (χ1n) is 12.9. The van der Waals surface area contributed by atoms with E-state index in [1.54, 1.807) is 20.8 Å². The Balaban J connectivity index is 1.63. The van der Waals surface area contributed by atoms with Crippen molar-refractivity contribution < 1.29 is 35.4 Å². The fraction of sp³-hybridized carbons (Fsp3) is 0.889. The summed E-state index contributed by atoms with van der Waals surface area (Å²) >= 11 is 0. The third-order valence-electron chi connectivity index (χ3n) is 10.5. The number of aliphatic hydroxyl groups is 6. The first-order chi connectivity index (χ1) is 15.5. The summed E-state index contributed by atoms with van der Waals surface area (Å²) in [6.45, 7) is 9.00. The van der Waals surface area contributed by atoms with Crippen LogP contribution in [-0.2, 0) is 4.79 Å². The Bertz CT molecular complexity index is 860. The van der Waals surface area contributed by atoms with E-state index in [1.807, 2.05) is 6.92 Å². The molecule has 4 aliphatic rings. The highest BCUT2D eigenvalue weighted by molar-refractivity contribution is 5.84. The topological polar surface area (TPSA) is 138 Å². The zero-order valence-electron chi connectivity index (χ0n) is 21.3. The van der Waals surface area contributed by atoms with Crippen molar-refractivity contribution in [3.63, 3.8) is 0 Å². The molecule has 0 amide bonds. The summed E-state index contributed by atoms with van der Waals surface area (Å²) in [5.41, 5.74) is -3.85. The third-order valence-corrected chi connectivity index (χ3v) is 10.5. The second-order valence-corrected chi connectivity index (χ2v) is 13.1. The highest BCUT2D eigenvalue weighted by Gasteiger charge is 2.69. The number of carbonyl (C=O) groups excluding carboxylic acids is 1. The van der Waals surface area contributed by atoms with Crippen LogP contribution in [0.5, 0.6) is 0 Å². The number of allylic oxidation sites excluding steroid dienone is 1. The number of rotatable bonds is 5. The fourth-order valence-electron chi connectivity index (χ4n) is 8.22. The van der Waals surface area contributed by atoms with E-state index in [0.717, 1.165) is 5.57 Å². The molecule has 0 aromatic carbocycles. The van der Waals surface area contributed by atoms with Crippen LogP contribution in [0.4, 0.5) is 0 Å². The molecule has 0 aromatic rings. The van der Waals surface area contributed by atoms with E-state index in [-0.39, 0.29) is 37.4 Å².